The van der Waals surface area contributed by atoms with Crippen LogP contribution in [0.25, 0.3) is 0 Å². The number of unbranched alkanes of at least 4 members (excludes halogenated alkanes) is 13. The average Bonchev–Trinajstić information content (AvgIpc) is 2.63. The van der Waals surface area contributed by atoms with Gasteiger partial charge in [0.25, 0.3) is 0 Å². The Hall–Kier alpha value is -0.790. The Labute approximate surface area is 164 Å². The minimum Gasteiger partial charge on any atom is -0.463 e. The molecule has 154 valence electrons. The fourth-order valence-corrected chi connectivity index (χ4v) is 3.38. The van der Waals surface area contributed by atoms with Crippen LogP contribution in [-0.4, -0.2) is 12.1 Å². The van der Waals surface area contributed by atoms with E-state index in [4.69, 9.17) is 4.74 Å². The Balaban J connectivity index is 3.25. The highest BCUT2D eigenvalue weighted by molar-refractivity contribution is 5.66. The summed E-state index contributed by atoms with van der Waals surface area (Å²) >= 11 is 0. The van der Waals surface area contributed by atoms with Gasteiger partial charge in [0.05, 0.1) is 0 Å². The molecule has 0 aliphatic carbocycles. The van der Waals surface area contributed by atoms with Crippen LogP contribution in [-0.2, 0) is 9.53 Å². The summed E-state index contributed by atoms with van der Waals surface area (Å²) in [6.07, 6.45) is 27.1. The Morgan fingerprint density at radius 1 is 0.731 bits per heavy atom. The van der Waals surface area contributed by atoms with Crippen LogP contribution in [0.15, 0.2) is 12.2 Å². The lowest BCUT2D eigenvalue weighted by Gasteiger charge is -2.13. The summed E-state index contributed by atoms with van der Waals surface area (Å²) in [6.45, 7) is 5.86. The van der Waals surface area contributed by atoms with Gasteiger partial charge < -0.3 is 4.74 Å². The Bertz CT molecular complexity index is 322. The lowest BCUT2D eigenvalue weighted by atomic mass is 10.0. The molecule has 2 heteroatoms. The van der Waals surface area contributed by atoms with Crippen molar-refractivity contribution in [2.75, 3.05) is 0 Å². The van der Waals surface area contributed by atoms with Gasteiger partial charge in [-0.3, -0.25) is 4.79 Å². The monoisotopic (exact) mass is 366 g/mol. The molecule has 1 atom stereocenters. The molecular formula is C24H46O2. The molecule has 0 spiro atoms. The molecule has 0 bridgehead atoms. The highest BCUT2D eigenvalue weighted by atomic mass is 16.5. The molecule has 0 saturated heterocycles. The molecule has 0 rings (SSSR count). The maximum absolute atomic E-state index is 11.0. The van der Waals surface area contributed by atoms with Crippen molar-refractivity contribution < 1.29 is 9.53 Å². The first-order chi connectivity index (χ1) is 12.7. The van der Waals surface area contributed by atoms with Crippen molar-refractivity contribution in [2.45, 2.75) is 136 Å². The number of carbonyl (C=O) groups is 1. The summed E-state index contributed by atoms with van der Waals surface area (Å²) < 4.78 is 5.27. The number of hydrogen-bond acceptors (Lipinski definition) is 2. The van der Waals surface area contributed by atoms with E-state index in [1.807, 2.05) is 0 Å². The zero-order chi connectivity index (χ0) is 19.3. The van der Waals surface area contributed by atoms with Gasteiger partial charge in [-0.15, -0.1) is 0 Å². The molecule has 0 aliphatic rings. The minimum absolute atomic E-state index is 0.109. The fraction of sp³-hybridized carbons (Fsp3) is 0.875. The van der Waals surface area contributed by atoms with E-state index in [0.29, 0.717) is 0 Å². The van der Waals surface area contributed by atoms with Crippen LogP contribution in [0.3, 0.4) is 0 Å². The van der Waals surface area contributed by atoms with E-state index in [2.05, 4.69) is 26.0 Å². The third-order valence-electron chi connectivity index (χ3n) is 5.08. The van der Waals surface area contributed by atoms with Gasteiger partial charge in [-0.1, -0.05) is 96.6 Å². The van der Waals surface area contributed by atoms with Gasteiger partial charge in [-0.25, -0.2) is 0 Å². The predicted octanol–water partition coefficient (Wildman–Crippen LogP) is 8.15. The van der Waals surface area contributed by atoms with Crippen molar-refractivity contribution in [1.29, 1.82) is 0 Å². The lowest BCUT2D eigenvalue weighted by Crippen LogP contribution is -2.14. The molecule has 0 N–H and O–H groups in total. The maximum atomic E-state index is 11.0. The van der Waals surface area contributed by atoms with Gasteiger partial charge in [-0.2, -0.15) is 0 Å². The normalized spacial score (nSPS) is 12.6. The van der Waals surface area contributed by atoms with Crippen molar-refractivity contribution >= 4 is 5.97 Å². The number of ether oxygens (including phenoxy) is 1. The Kier molecular flexibility index (Phi) is 19.9. The first-order valence-corrected chi connectivity index (χ1v) is 11.5. The van der Waals surface area contributed by atoms with E-state index in [-0.39, 0.29) is 12.1 Å². The van der Waals surface area contributed by atoms with Gasteiger partial charge in [0, 0.05) is 6.92 Å². The van der Waals surface area contributed by atoms with Crippen LogP contribution in [0.1, 0.15) is 130 Å². The van der Waals surface area contributed by atoms with Crippen LogP contribution in [0.5, 0.6) is 0 Å². The van der Waals surface area contributed by atoms with Crippen molar-refractivity contribution in [3.8, 4) is 0 Å². The molecule has 0 aromatic carbocycles. The molecule has 0 unspecified atom stereocenters. The molecule has 0 aliphatic heterocycles. The van der Waals surface area contributed by atoms with E-state index in [9.17, 15) is 4.79 Å². The van der Waals surface area contributed by atoms with Crippen molar-refractivity contribution in [1.82, 2.24) is 0 Å². The van der Waals surface area contributed by atoms with Crippen LogP contribution >= 0.6 is 0 Å². The van der Waals surface area contributed by atoms with Gasteiger partial charge >= 0.3 is 5.97 Å². The molecule has 0 heterocycles. The molecule has 0 aromatic rings. The average molecular weight is 367 g/mol. The first kappa shape index (κ1) is 25.2. The number of rotatable bonds is 19. The largest absolute Gasteiger partial charge is 0.463 e. The summed E-state index contributed by atoms with van der Waals surface area (Å²) in [7, 11) is 0. The highest BCUT2D eigenvalue weighted by Gasteiger charge is 2.07. The second-order valence-corrected chi connectivity index (χ2v) is 7.72. The summed E-state index contributed by atoms with van der Waals surface area (Å²) in [5, 5.41) is 0. The molecule has 0 saturated carbocycles. The van der Waals surface area contributed by atoms with Crippen LogP contribution in [0.2, 0.25) is 0 Å². The van der Waals surface area contributed by atoms with E-state index >= 15 is 0 Å². The highest BCUT2D eigenvalue weighted by Crippen LogP contribution is 2.13. The molecule has 0 radical (unpaired) electrons. The third kappa shape index (κ3) is 19.5. The van der Waals surface area contributed by atoms with Crippen LogP contribution in [0, 0.1) is 0 Å². The quantitative estimate of drug-likeness (QED) is 0.131. The molecule has 0 aromatic heterocycles. The zero-order valence-corrected chi connectivity index (χ0v) is 18.1. The zero-order valence-electron chi connectivity index (χ0n) is 18.1. The van der Waals surface area contributed by atoms with Crippen molar-refractivity contribution in [2.24, 2.45) is 0 Å². The van der Waals surface area contributed by atoms with Gasteiger partial charge in [0.15, 0.2) is 0 Å². The number of esters is 1. The fourth-order valence-electron chi connectivity index (χ4n) is 3.38. The van der Waals surface area contributed by atoms with Gasteiger partial charge in [-0.05, 0) is 38.5 Å². The third-order valence-corrected chi connectivity index (χ3v) is 5.08. The standard InChI is InChI=1S/C24H46O2/c1-4-6-7-8-9-10-11-12-13-14-15-16-17-18-19-20-21-22-24(5-2)26-23(3)25/h18-19,24H,4-17,20-22H2,1-3H3/b19-18+/t24-/m1/s1. The van der Waals surface area contributed by atoms with E-state index in [0.717, 1.165) is 25.7 Å². The molecule has 0 amide bonds. The topological polar surface area (TPSA) is 26.3 Å². The maximum Gasteiger partial charge on any atom is 0.302 e. The van der Waals surface area contributed by atoms with Crippen molar-refractivity contribution in [3.63, 3.8) is 0 Å². The van der Waals surface area contributed by atoms with Crippen molar-refractivity contribution in [3.05, 3.63) is 12.2 Å². The molecule has 2 nitrogen and oxygen atoms in total. The van der Waals surface area contributed by atoms with Gasteiger partial charge in [0.2, 0.25) is 0 Å². The SMILES string of the molecule is CCCCCCCCCCCCCC/C=C/CCC[C@@H](CC)OC(C)=O. The summed E-state index contributed by atoms with van der Waals surface area (Å²) in [5.74, 6) is -0.153. The second-order valence-electron chi connectivity index (χ2n) is 7.72. The summed E-state index contributed by atoms with van der Waals surface area (Å²) in [4.78, 5) is 11.0. The first-order valence-electron chi connectivity index (χ1n) is 11.5. The number of carbonyl (C=O) groups excluding carboxylic acids is 1. The second kappa shape index (κ2) is 20.5. The lowest BCUT2D eigenvalue weighted by molar-refractivity contribution is -0.146. The molecule has 0 fully saturated rings. The molecule has 26 heavy (non-hydrogen) atoms. The number of allylic oxidation sites excluding steroid dienone is 2. The molecular weight excluding hydrogens is 320 g/mol. The summed E-state index contributed by atoms with van der Waals surface area (Å²) in [5.41, 5.74) is 0. The minimum atomic E-state index is -0.153. The van der Waals surface area contributed by atoms with Crippen LogP contribution < -0.4 is 0 Å². The smallest absolute Gasteiger partial charge is 0.302 e. The predicted molar refractivity (Wildman–Crippen MR) is 115 cm³/mol. The Morgan fingerprint density at radius 2 is 1.19 bits per heavy atom. The summed E-state index contributed by atoms with van der Waals surface area (Å²) in [6, 6.07) is 0. The van der Waals surface area contributed by atoms with E-state index in [1.54, 1.807) is 0 Å². The van der Waals surface area contributed by atoms with E-state index < -0.39 is 0 Å². The van der Waals surface area contributed by atoms with Gasteiger partial charge in [0.1, 0.15) is 6.10 Å². The van der Waals surface area contributed by atoms with Crippen LogP contribution in [0.4, 0.5) is 0 Å². The Morgan fingerprint density at radius 3 is 1.65 bits per heavy atom. The van der Waals surface area contributed by atoms with E-state index in [1.165, 1.54) is 90.4 Å². The number of hydrogen-bond donors (Lipinski definition) is 0.